The summed E-state index contributed by atoms with van der Waals surface area (Å²) >= 11 is 1.75. The van der Waals surface area contributed by atoms with E-state index in [1.807, 2.05) is 0 Å². The van der Waals surface area contributed by atoms with Gasteiger partial charge in [0.15, 0.2) is 0 Å². The van der Waals surface area contributed by atoms with Crippen LogP contribution in [0.15, 0.2) is 137 Å². The molecule has 9 aromatic rings. The number of hydrogen-bond acceptors (Lipinski definition) is 2. The molecule has 40 heavy (non-hydrogen) atoms. The van der Waals surface area contributed by atoms with Gasteiger partial charge in [-0.3, -0.25) is 0 Å². The topological polar surface area (TPSA) is 13.1 Å². The second-order valence-corrected chi connectivity index (χ2v) is 11.4. The number of benzene rings is 7. The van der Waals surface area contributed by atoms with Crippen LogP contribution in [0.3, 0.4) is 0 Å². The standard InChI is InChI=1S/C38H22OS/c1-2-10-26-23(8-1)9-7-15-28(26)38-31-13-5-3-11-29(31)37(30-12-4-6-14-32(30)38)25-16-17-27-33-20-24-18-19-40-36(24)22-35(33)39-34(27)21-25/h1-22H. The van der Waals surface area contributed by atoms with Crippen LogP contribution < -0.4 is 0 Å². The van der Waals surface area contributed by atoms with Gasteiger partial charge in [-0.25, -0.2) is 0 Å². The predicted octanol–water partition coefficient (Wildman–Crippen LogP) is 11.6. The molecule has 7 aromatic carbocycles. The zero-order valence-electron chi connectivity index (χ0n) is 21.5. The molecule has 0 saturated heterocycles. The summed E-state index contributed by atoms with van der Waals surface area (Å²) in [6.45, 7) is 0. The van der Waals surface area contributed by atoms with E-state index >= 15 is 0 Å². The van der Waals surface area contributed by atoms with Crippen LogP contribution in [0.25, 0.3) is 86.6 Å². The van der Waals surface area contributed by atoms with Gasteiger partial charge in [0, 0.05) is 15.5 Å². The van der Waals surface area contributed by atoms with Crippen molar-refractivity contribution < 1.29 is 4.42 Å². The summed E-state index contributed by atoms with van der Waals surface area (Å²) in [5, 5.41) is 13.3. The molecule has 186 valence electrons. The summed E-state index contributed by atoms with van der Waals surface area (Å²) in [6.07, 6.45) is 0. The van der Waals surface area contributed by atoms with Gasteiger partial charge in [-0.05, 0) is 95.7 Å². The first-order valence-electron chi connectivity index (χ1n) is 13.6. The monoisotopic (exact) mass is 526 g/mol. The van der Waals surface area contributed by atoms with Gasteiger partial charge in [0.05, 0.1) is 0 Å². The van der Waals surface area contributed by atoms with Gasteiger partial charge in [0.1, 0.15) is 11.2 Å². The highest BCUT2D eigenvalue weighted by Crippen LogP contribution is 2.46. The van der Waals surface area contributed by atoms with E-state index in [1.54, 1.807) is 11.3 Å². The molecule has 9 rings (SSSR count). The molecule has 0 aliphatic carbocycles. The molecule has 0 unspecified atom stereocenters. The average Bonchev–Trinajstić information content (AvgIpc) is 3.61. The molecule has 2 aromatic heterocycles. The average molecular weight is 527 g/mol. The zero-order chi connectivity index (χ0) is 26.2. The van der Waals surface area contributed by atoms with Crippen molar-refractivity contribution in [3.8, 4) is 22.3 Å². The lowest BCUT2D eigenvalue weighted by Crippen LogP contribution is -1.91. The van der Waals surface area contributed by atoms with E-state index in [0.29, 0.717) is 0 Å². The summed E-state index contributed by atoms with van der Waals surface area (Å²) < 4.78 is 7.72. The van der Waals surface area contributed by atoms with Crippen LogP contribution in [-0.4, -0.2) is 0 Å². The van der Waals surface area contributed by atoms with E-state index in [9.17, 15) is 0 Å². The maximum Gasteiger partial charge on any atom is 0.136 e. The Kier molecular flexibility index (Phi) is 4.55. The summed E-state index contributed by atoms with van der Waals surface area (Å²) in [7, 11) is 0. The number of fused-ring (bicyclic) bond motifs is 7. The Morgan fingerprint density at radius 1 is 0.425 bits per heavy atom. The third-order valence-corrected chi connectivity index (χ3v) is 9.21. The molecular formula is C38H22OS. The van der Waals surface area contributed by atoms with E-state index in [4.69, 9.17) is 4.42 Å². The quantitative estimate of drug-likeness (QED) is 0.204. The molecule has 0 fully saturated rings. The molecule has 2 heterocycles. The molecule has 0 bridgehead atoms. The van der Waals surface area contributed by atoms with Crippen LogP contribution in [0.4, 0.5) is 0 Å². The van der Waals surface area contributed by atoms with Crippen LogP contribution in [0.5, 0.6) is 0 Å². The lowest BCUT2D eigenvalue weighted by Gasteiger charge is -2.18. The van der Waals surface area contributed by atoms with Gasteiger partial charge in [-0.1, -0.05) is 97.1 Å². The maximum atomic E-state index is 6.46. The van der Waals surface area contributed by atoms with Crippen molar-refractivity contribution in [2.75, 3.05) is 0 Å². The summed E-state index contributed by atoms with van der Waals surface area (Å²) in [5.74, 6) is 0. The fourth-order valence-electron chi connectivity index (χ4n) is 6.56. The largest absolute Gasteiger partial charge is 0.456 e. The summed E-state index contributed by atoms with van der Waals surface area (Å²) in [6, 6.07) is 46.4. The molecule has 0 spiro atoms. The smallest absolute Gasteiger partial charge is 0.136 e. The molecule has 0 saturated carbocycles. The number of furan rings is 1. The van der Waals surface area contributed by atoms with Crippen LogP contribution in [-0.2, 0) is 0 Å². The normalized spacial score (nSPS) is 12.0. The second-order valence-electron chi connectivity index (χ2n) is 10.5. The van der Waals surface area contributed by atoms with Crippen LogP contribution in [0.1, 0.15) is 0 Å². The molecule has 1 nitrogen and oxygen atoms in total. The SMILES string of the molecule is c1ccc2c(-c3c4ccccc4c(-c4ccc5c(c4)oc4cc6sccc6cc45)c4ccccc34)cccc2c1. The Bertz CT molecular complexity index is 2380. The third kappa shape index (κ3) is 3.08. The Morgan fingerprint density at radius 2 is 1.07 bits per heavy atom. The predicted molar refractivity (Wildman–Crippen MR) is 172 cm³/mol. The molecule has 0 N–H and O–H groups in total. The first-order chi connectivity index (χ1) is 19.8. The van der Waals surface area contributed by atoms with Crippen molar-refractivity contribution in [1.82, 2.24) is 0 Å². The van der Waals surface area contributed by atoms with Gasteiger partial charge >= 0.3 is 0 Å². The highest BCUT2D eigenvalue weighted by atomic mass is 32.1. The Morgan fingerprint density at radius 3 is 1.85 bits per heavy atom. The van der Waals surface area contributed by atoms with Crippen molar-refractivity contribution in [3.63, 3.8) is 0 Å². The zero-order valence-corrected chi connectivity index (χ0v) is 22.3. The lowest BCUT2D eigenvalue weighted by molar-refractivity contribution is 0.669. The second kappa shape index (κ2) is 8.29. The molecule has 0 atom stereocenters. The minimum absolute atomic E-state index is 0.927. The van der Waals surface area contributed by atoms with Gasteiger partial charge in [0.25, 0.3) is 0 Å². The van der Waals surface area contributed by atoms with E-state index in [2.05, 4.69) is 133 Å². The van der Waals surface area contributed by atoms with Gasteiger partial charge < -0.3 is 4.42 Å². The van der Waals surface area contributed by atoms with Crippen molar-refractivity contribution in [2.45, 2.75) is 0 Å². The summed E-state index contributed by atoms with van der Waals surface area (Å²) in [5.41, 5.74) is 6.85. The van der Waals surface area contributed by atoms with E-state index < -0.39 is 0 Å². The molecule has 0 aliphatic heterocycles. The van der Waals surface area contributed by atoms with Crippen molar-refractivity contribution in [1.29, 1.82) is 0 Å². The van der Waals surface area contributed by atoms with Crippen molar-refractivity contribution >= 4 is 75.7 Å². The minimum atomic E-state index is 0.927. The van der Waals surface area contributed by atoms with Crippen molar-refractivity contribution in [2.24, 2.45) is 0 Å². The molecular weight excluding hydrogens is 504 g/mol. The van der Waals surface area contributed by atoms with E-state index in [1.165, 1.54) is 70.0 Å². The number of rotatable bonds is 2. The molecule has 0 aliphatic rings. The molecule has 2 heteroatoms. The fraction of sp³-hybridized carbons (Fsp3) is 0. The van der Waals surface area contributed by atoms with Crippen molar-refractivity contribution in [3.05, 3.63) is 133 Å². The van der Waals surface area contributed by atoms with Crippen LogP contribution in [0.2, 0.25) is 0 Å². The van der Waals surface area contributed by atoms with E-state index in [0.717, 1.165) is 16.6 Å². The maximum absolute atomic E-state index is 6.46. The van der Waals surface area contributed by atoms with Crippen LogP contribution >= 0.6 is 11.3 Å². The minimum Gasteiger partial charge on any atom is -0.456 e. The molecule has 0 amide bonds. The summed E-state index contributed by atoms with van der Waals surface area (Å²) in [4.78, 5) is 0. The lowest BCUT2D eigenvalue weighted by atomic mass is 9.84. The van der Waals surface area contributed by atoms with Gasteiger partial charge in [0.2, 0.25) is 0 Å². The fourth-order valence-corrected chi connectivity index (χ4v) is 7.36. The number of hydrogen-bond donors (Lipinski definition) is 0. The van der Waals surface area contributed by atoms with Gasteiger partial charge in [-0.2, -0.15) is 0 Å². The van der Waals surface area contributed by atoms with Gasteiger partial charge in [-0.15, -0.1) is 11.3 Å². The Balaban J connectivity index is 1.38. The first kappa shape index (κ1) is 22.0. The molecule has 0 radical (unpaired) electrons. The first-order valence-corrected chi connectivity index (χ1v) is 14.5. The highest BCUT2D eigenvalue weighted by molar-refractivity contribution is 7.17. The third-order valence-electron chi connectivity index (χ3n) is 8.33. The Labute approximate surface area is 234 Å². The van der Waals surface area contributed by atoms with E-state index in [-0.39, 0.29) is 0 Å². The number of thiophene rings is 1. The van der Waals surface area contributed by atoms with Crippen LogP contribution in [0, 0.1) is 0 Å². The Hall–Kier alpha value is -4.92. The highest BCUT2D eigenvalue weighted by Gasteiger charge is 2.19.